The fourth-order valence-corrected chi connectivity index (χ4v) is 3.47. The highest BCUT2D eigenvalue weighted by atomic mass is 16.5. The van der Waals surface area contributed by atoms with Gasteiger partial charge in [-0.3, -0.25) is 9.80 Å². The topological polar surface area (TPSA) is 46.4 Å². The van der Waals surface area contributed by atoms with Crippen LogP contribution in [0.2, 0.25) is 0 Å². The van der Waals surface area contributed by atoms with Gasteiger partial charge in [0.2, 0.25) is 5.88 Å². The maximum absolute atomic E-state index is 5.39. The van der Waals surface area contributed by atoms with E-state index in [1.807, 2.05) is 6.07 Å². The van der Waals surface area contributed by atoms with Crippen molar-refractivity contribution in [1.82, 2.24) is 24.3 Å². The molecule has 0 atom stereocenters. The van der Waals surface area contributed by atoms with Gasteiger partial charge in [-0.05, 0) is 19.2 Å². The van der Waals surface area contributed by atoms with Crippen LogP contribution in [0.15, 0.2) is 24.5 Å². The van der Waals surface area contributed by atoms with Crippen LogP contribution in [0.5, 0.6) is 5.88 Å². The third-order valence-electron chi connectivity index (χ3n) is 5.03. The monoisotopic (exact) mass is 343 g/mol. The van der Waals surface area contributed by atoms with Crippen molar-refractivity contribution in [1.29, 1.82) is 0 Å². The molecule has 6 nitrogen and oxygen atoms in total. The SMILES string of the molecule is CCN(CC)Cc1cnc2n1CCN(Cc1cccnc1OC)CC2. The van der Waals surface area contributed by atoms with Crippen LogP contribution >= 0.6 is 0 Å². The number of nitrogens with zero attached hydrogens (tertiary/aromatic N) is 5. The first-order chi connectivity index (χ1) is 12.2. The smallest absolute Gasteiger partial charge is 0.217 e. The predicted molar refractivity (Wildman–Crippen MR) is 98.6 cm³/mol. The summed E-state index contributed by atoms with van der Waals surface area (Å²) in [6.45, 7) is 11.5. The molecule has 25 heavy (non-hydrogen) atoms. The Labute approximate surface area is 150 Å². The summed E-state index contributed by atoms with van der Waals surface area (Å²) < 4.78 is 7.81. The lowest BCUT2D eigenvalue weighted by atomic mass is 10.2. The van der Waals surface area contributed by atoms with Crippen LogP contribution in [0, 0.1) is 0 Å². The molecule has 0 saturated heterocycles. The number of fused-ring (bicyclic) bond motifs is 1. The zero-order valence-electron chi connectivity index (χ0n) is 15.6. The van der Waals surface area contributed by atoms with Gasteiger partial charge in [-0.25, -0.2) is 9.97 Å². The van der Waals surface area contributed by atoms with Crippen molar-refractivity contribution >= 4 is 0 Å². The maximum Gasteiger partial charge on any atom is 0.217 e. The molecule has 0 aromatic carbocycles. The second-order valence-corrected chi connectivity index (χ2v) is 6.48. The van der Waals surface area contributed by atoms with E-state index in [4.69, 9.17) is 4.74 Å². The molecule has 0 spiro atoms. The van der Waals surface area contributed by atoms with Gasteiger partial charge in [0.15, 0.2) is 0 Å². The minimum atomic E-state index is 0.728. The van der Waals surface area contributed by atoms with E-state index in [-0.39, 0.29) is 0 Å². The van der Waals surface area contributed by atoms with Gasteiger partial charge in [-0.1, -0.05) is 19.9 Å². The van der Waals surface area contributed by atoms with E-state index in [0.717, 1.165) is 63.7 Å². The minimum absolute atomic E-state index is 0.728. The van der Waals surface area contributed by atoms with Gasteiger partial charge in [0, 0.05) is 57.1 Å². The lowest BCUT2D eigenvalue weighted by Crippen LogP contribution is -2.27. The molecule has 0 fully saturated rings. The van der Waals surface area contributed by atoms with Crippen LogP contribution in [0.4, 0.5) is 0 Å². The highest BCUT2D eigenvalue weighted by Crippen LogP contribution is 2.19. The number of rotatable bonds is 7. The first kappa shape index (κ1) is 17.9. The van der Waals surface area contributed by atoms with Crippen molar-refractivity contribution in [2.24, 2.45) is 0 Å². The van der Waals surface area contributed by atoms with Gasteiger partial charge >= 0.3 is 0 Å². The Morgan fingerprint density at radius 2 is 2.00 bits per heavy atom. The molecule has 3 rings (SSSR count). The normalized spacial score (nSPS) is 15.2. The minimum Gasteiger partial charge on any atom is -0.481 e. The molecule has 0 aliphatic carbocycles. The quantitative estimate of drug-likeness (QED) is 0.771. The van der Waals surface area contributed by atoms with Crippen LogP contribution in [0.1, 0.15) is 30.9 Å². The Balaban J connectivity index is 1.67. The Morgan fingerprint density at radius 1 is 1.16 bits per heavy atom. The molecule has 0 N–H and O–H groups in total. The summed E-state index contributed by atoms with van der Waals surface area (Å²) in [5.74, 6) is 1.94. The highest BCUT2D eigenvalue weighted by molar-refractivity contribution is 5.25. The first-order valence-corrected chi connectivity index (χ1v) is 9.21. The maximum atomic E-state index is 5.39. The van der Waals surface area contributed by atoms with E-state index in [2.05, 4.69) is 50.4 Å². The summed E-state index contributed by atoms with van der Waals surface area (Å²) in [5.41, 5.74) is 2.48. The molecular formula is C19H29N5O. The Kier molecular flexibility index (Phi) is 6.04. The molecule has 1 aliphatic rings. The Morgan fingerprint density at radius 3 is 2.76 bits per heavy atom. The molecule has 0 amide bonds. The van der Waals surface area contributed by atoms with Crippen molar-refractivity contribution in [3.8, 4) is 5.88 Å². The van der Waals surface area contributed by atoms with Crippen molar-refractivity contribution in [2.45, 2.75) is 39.9 Å². The van der Waals surface area contributed by atoms with Gasteiger partial charge in [0.1, 0.15) is 5.82 Å². The number of aromatic nitrogens is 3. The predicted octanol–water partition coefficient (Wildman–Crippen LogP) is 2.19. The molecule has 3 heterocycles. The van der Waals surface area contributed by atoms with Crippen LogP contribution in [-0.4, -0.2) is 57.6 Å². The molecule has 136 valence electrons. The lowest BCUT2D eigenvalue weighted by molar-refractivity contribution is 0.260. The van der Waals surface area contributed by atoms with Crippen LogP contribution in [-0.2, 0) is 26.1 Å². The summed E-state index contributed by atoms with van der Waals surface area (Å²) in [5, 5.41) is 0. The molecular weight excluding hydrogens is 314 g/mol. The molecule has 0 saturated carbocycles. The molecule has 0 bridgehead atoms. The van der Waals surface area contributed by atoms with Gasteiger partial charge in [0.25, 0.3) is 0 Å². The van der Waals surface area contributed by atoms with Crippen LogP contribution < -0.4 is 4.74 Å². The number of hydrogen-bond acceptors (Lipinski definition) is 5. The van der Waals surface area contributed by atoms with Crippen molar-refractivity contribution in [2.75, 3.05) is 33.3 Å². The second kappa shape index (κ2) is 8.45. The van der Waals surface area contributed by atoms with E-state index in [9.17, 15) is 0 Å². The average molecular weight is 343 g/mol. The van der Waals surface area contributed by atoms with E-state index in [1.165, 1.54) is 11.5 Å². The standard InChI is InChI=1S/C19H29N5O/c1-4-22(5-2)15-17-13-21-18-8-10-23(11-12-24(17)18)14-16-7-6-9-20-19(16)25-3/h6-7,9,13H,4-5,8,10-12,14-15H2,1-3H3. The largest absolute Gasteiger partial charge is 0.481 e. The Hall–Kier alpha value is -1.92. The van der Waals surface area contributed by atoms with Gasteiger partial charge in [-0.15, -0.1) is 0 Å². The highest BCUT2D eigenvalue weighted by Gasteiger charge is 2.19. The van der Waals surface area contributed by atoms with Crippen molar-refractivity contribution in [3.63, 3.8) is 0 Å². The van der Waals surface area contributed by atoms with E-state index in [0.29, 0.717) is 0 Å². The van der Waals surface area contributed by atoms with E-state index >= 15 is 0 Å². The third-order valence-corrected chi connectivity index (χ3v) is 5.03. The van der Waals surface area contributed by atoms with Gasteiger partial charge < -0.3 is 9.30 Å². The number of methoxy groups -OCH3 is 1. The first-order valence-electron chi connectivity index (χ1n) is 9.21. The molecule has 0 radical (unpaired) electrons. The number of imidazole rings is 1. The summed E-state index contributed by atoms with van der Waals surface area (Å²) in [6.07, 6.45) is 4.83. The lowest BCUT2D eigenvalue weighted by Gasteiger charge is -2.21. The molecule has 0 unspecified atom stereocenters. The van der Waals surface area contributed by atoms with E-state index in [1.54, 1.807) is 13.3 Å². The van der Waals surface area contributed by atoms with Gasteiger partial charge in [-0.2, -0.15) is 0 Å². The van der Waals surface area contributed by atoms with Crippen LogP contribution in [0.3, 0.4) is 0 Å². The van der Waals surface area contributed by atoms with Crippen molar-refractivity contribution in [3.05, 3.63) is 41.6 Å². The van der Waals surface area contributed by atoms with E-state index < -0.39 is 0 Å². The summed E-state index contributed by atoms with van der Waals surface area (Å²) >= 11 is 0. The fraction of sp³-hybridized carbons (Fsp3) is 0.579. The second-order valence-electron chi connectivity index (χ2n) is 6.48. The summed E-state index contributed by atoms with van der Waals surface area (Å²) in [4.78, 5) is 13.9. The zero-order valence-corrected chi connectivity index (χ0v) is 15.6. The van der Waals surface area contributed by atoms with Gasteiger partial charge in [0.05, 0.1) is 12.8 Å². The number of pyridine rings is 1. The molecule has 6 heteroatoms. The molecule has 2 aromatic rings. The van der Waals surface area contributed by atoms with Crippen molar-refractivity contribution < 1.29 is 4.74 Å². The summed E-state index contributed by atoms with van der Waals surface area (Å²) in [7, 11) is 1.68. The van der Waals surface area contributed by atoms with Crippen LogP contribution in [0.25, 0.3) is 0 Å². The number of hydrogen-bond donors (Lipinski definition) is 0. The molecule has 1 aliphatic heterocycles. The fourth-order valence-electron chi connectivity index (χ4n) is 3.47. The number of ether oxygens (including phenoxy) is 1. The zero-order chi connectivity index (χ0) is 17.6. The molecule has 2 aromatic heterocycles. The Bertz CT molecular complexity index is 680. The average Bonchev–Trinajstić information content (AvgIpc) is 2.92. The third kappa shape index (κ3) is 4.19. The summed E-state index contributed by atoms with van der Waals surface area (Å²) in [6, 6.07) is 4.07.